The Bertz CT molecular complexity index is 1080. The number of benzene rings is 1. The number of para-hydroxylation sites is 1. The molecule has 2 amide bonds. The lowest BCUT2D eigenvalue weighted by Gasteiger charge is -2.18. The van der Waals surface area contributed by atoms with Crippen LogP contribution in [0.5, 0.6) is 0 Å². The zero-order chi connectivity index (χ0) is 21.8. The van der Waals surface area contributed by atoms with Crippen molar-refractivity contribution in [3.05, 3.63) is 58.0 Å². The minimum absolute atomic E-state index is 0.117. The molecule has 0 spiro atoms. The number of carbonyl (C=O) groups excluding carboxylic acids is 2. The summed E-state index contributed by atoms with van der Waals surface area (Å²) in [4.78, 5) is 37.6. The van der Waals surface area contributed by atoms with Crippen LogP contribution in [0.4, 0.5) is 5.69 Å². The largest absolute Gasteiger partial charge is 0.335 e. The fourth-order valence-corrected chi connectivity index (χ4v) is 3.42. The molecule has 0 saturated carbocycles. The average molecular weight is 441 g/mol. The normalized spacial score (nSPS) is 11.3. The van der Waals surface area contributed by atoms with Crippen LogP contribution in [0, 0.1) is 0 Å². The third-order valence-corrected chi connectivity index (χ3v) is 6.12. The quantitative estimate of drug-likeness (QED) is 0.686. The Labute approximate surface area is 173 Å². The fourth-order valence-electron chi connectivity index (χ4n) is 2.32. The molecule has 1 aromatic carbocycles. The number of aromatic nitrogens is 1. The van der Waals surface area contributed by atoms with Gasteiger partial charge in [0.15, 0.2) is 0 Å². The van der Waals surface area contributed by atoms with Gasteiger partial charge >= 0.3 is 0 Å². The molecule has 156 valence electrons. The van der Waals surface area contributed by atoms with Crippen LogP contribution in [0.1, 0.15) is 0 Å². The third kappa shape index (κ3) is 5.66. The van der Waals surface area contributed by atoms with E-state index in [1.54, 1.807) is 24.3 Å². The van der Waals surface area contributed by atoms with Crippen molar-refractivity contribution in [2.45, 2.75) is 11.4 Å². The topological polar surface area (TPSA) is 109 Å². The van der Waals surface area contributed by atoms with Gasteiger partial charge in [0.25, 0.3) is 5.56 Å². The first-order valence-corrected chi connectivity index (χ1v) is 10.3. The number of anilines is 1. The molecule has 0 saturated heterocycles. The van der Waals surface area contributed by atoms with E-state index in [0.29, 0.717) is 10.7 Å². The SMILES string of the molecule is CN(CC(=O)Nc1ccccc1Cl)C(=O)Cn1cc(S(=O)(=O)N(C)C)ccc1=O. The van der Waals surface area contributed by atoms with Crippen LogP contribution < -0.4 is 10.9 Å². The maximum Gasteiger partial charge on any atom is 0.251 e. The van der Waals surface area contributed by atoms with Crippen molar-refractivity contribution in [2.24, 2.45) is 0 Å². The maximum atomic E-state index is 12.4. The van der Waals surface area contributed by atoms with Gasteiger partial charge in [0, 0.05) is 33.4 Å². The van der Waals surface area contributed by atoms with E-state index in [-0.39, 0.29) is 11.4 Å². The number of rotatable bonds is 7. The highest BCUT2D eigenvalue weighted by molar-refractivity contribution is 7.89. The number of halogens is 1. The van der Waals surface area contributed by atoms with Crippen molar-refractivity contribution >= 4 is 39.1 Å². The molecule has 2 aromatic rings. The van der Waals surface area contributed by atoms with Gasteiger partial charge in [-0.1, -0.05) is 23.7 Å². The Morgan fingerprint density at radius 2 is 1.76 bits per heavy atom. The van der Waals surface area contributed by atoms with Crippen LogP contribution in [-0.2, 0) is 26.2 Å². The molecule has 2 rings (SSSR count). The lowest BCUT2D eigenvalue weighted by molar-refractivity contribution is -0.133. The van der Waals surface area contributed by atoms with Crippen molar-refractivity contribution in [1.82, 2.24) is 13.8 Å². The van der Waals surface area contributed by atoms with Crippen LogP contribution >= 0.6 is 11.6 Å². The molecule has 0 aliphatic heterocycles. The predicted octanol–water partition coefficient (Wildman–Crippen LogP) is 0.849. The second kappa shape index (κ2) is 9.21. The molecule has 0 atom stereocenters. The van der Waals surface area contributed by atoms with Crippen LogP contribution in [0.2, 0.25) is 5.02 Å². The molecule has 1 aromatic heterocycles. The van der Waals surface area contributed by atoms with Gasteiger partial charge in [-0.05, 0) is 18.2 Å². The number of hydrogen-bond donors (Lipinski definition) is 1. The Hall–Kier alpha value is -2.69. The van der Waals surface area contributed by atoms with Crippen LogP contribution in [0.15, 0.2) is 52.3 Å². The summed E-state index contributed by atoms with van der Waals surface area (Å²) in [6, 6.07) is 8.92. The molecule has 1 N–H and O–H groups in total. The highest BCUT2D eigenvalue weighted by Gasteiger charge is 2.20. The van der Waals surface area contributed by atoms with Crippen molar-refractivity contribution in [2.75, 3.05) is 33.0 Å². The number of sulfonamides is 1. The lowest BCUT2D eigenvalue weighted by atomic mass is 10.3. The zero-order valence-electron chi connectivity index (χ0n) is 16.1. The van der Waals surface area contributed by atoms with E-state index in [1.165, 1.54) is 27.2 Å². The summed E-state index contributed by atoms with van der Waals surface area (Å²) in [5, 5.41) is 2.96. The third-order valence-electron chi connectivity index (χ3n) is 3.99. The molecule has 0 radical (unpaired) electrons. The van der Waals surface area contributed by atoms with Crippen molar-refractivity contribution < 1.29 is 18.0 Å². The second-order valence-electron chi connectivity index (χ2n) is 6.40. The van der Waals surface area contributed by atoms with E-state index in [1.807, 2.05) is 0 Å². The number of pyridine rings is 1. The smallest absolute Gasteiger partial charge is 0.251 e. The van der Waals surface area contributed by atoms with E-state index < -0.39 is 33.9 Å². The molecule has 11 heteroatoms. The van der Waals surface area contributed by atoms with Crippen LogP contribution in [0.3, 0.4) is 0 Å². The monoisotopic (exact) mass is 440 g/mol. The van der Waals surface area contributed by atoms with E-state index >= 15 is 0 Å². The van der Waals surface area contributed by atoms with Gasteiger partial charge in [-0.15, -0.1) is 0 Å². The first-order valence-electron chi connectivity index (χ1n) is 8.43. The predicted molar refractivity (Wildman–Crippen MR) is 109 cm³/mol. The maximum absolute atomic E-state index is 12.4. The average Bonchev–Trinajstić information content (AvgIpc) is 2.64. The molecule has 0 aliphatic rings. The van der Waals surface area contributed by atoms with Crippen molar-refractivity contribution in [1.29, 1.82) is 0 Å². The van der Waals surface area contributed by atoms with E-state index in [9.17, 15) is 22.8 Å². The van der Waals surface area contributed by atoms with Gasteiger partial charge in [0.1, 0.15) is 6.54 Å². The van der Waals surface area contributed by atoms with Gasteiger partial charge in [0.05, 0.1) is 22.2 Å². The Kier molecular flexibility index (Phi) is 7.17. The lowest BCUT2D eigenvalue weighted by Crippen LogP contribution is -2.38. The minimum Gasteiger partial charge on any atom is -0.335 e. The summed E-state index contributed by atoms with van der Waals surface area (Å²) in [6.45, 7) is -0.681. The Balaban J connectivity index is 2.09. The highest BCUT2D eigenvalue weighted by atomic mass is 35.5. The summed E-state index contributed by atoms with van der Waals surface area (Å²) < 4.78 is 26.4. The molecule has 29 heavy (non-hydrogen) atoms. The second-order valence-corrected chi connectivity index (χ2v) is 8.96. The molecule has 0 aliphatic carbocycles. The molecule has 1 heterocycles. The van der Waals surface area contributed by atoms with Gasteiger partial charge in [-0.2, -0.15) is 0 Å². The van der Waals surface area contributed by atoms with E-state index in [0.717, 1.165) is 26.0 Å². The number of nitrogens with one attached hydrogen (secondary N) is 1. The van der Waals surface area contributed by atoms with Gasteiger partial charge in [0.2, 0.25) is 21.8 Å². The number of hydrogen-bond acceptors (Lipinski definition) is 5. The fraction of sp³-hybridized carbons (Fsp3) is 0.278. The Morgan fingerprint density at radius 1 is 1.10 bits per heavy atom. The van der Waals surface area contributed by atoms with E-state index in [4.69, 9.17) is 11.6 Å². The first kappa shape index (κ1) is 22.6. The van der Waals surface area contributed by atoms with Crippen molar-refractivity contribution in [3.63, 3.8) is 0 Å². The summed E-state index contributed by atoms with van der Waals surface area (Å²) in [7, 11) is 0.370. The van der Waals surface area contributed by atoms with E-state index in [2.05, 4.69) is 5.32 Å². The van der Waals surface area contributed by atoms with Gasteiger partial charge < -0.3 is 14.8 Å². The number of likely N-dealkylation sites (N-methyl/N-ethyl adjacent to an activating group) is 1. The molecular formula is C18H21ClN4O5S. The summed E-state index contributed by atoms with van der Waals surface area (Å²) in [5.74, 6) is -1.01. The number of amides is 2. The Morgan fingerprint density at radius 3 is 2.38 bits per heavy atom. The summed E-state index contributed by atoms with van der Waals surface area (Å²) in [6.07, 6.45) is 1.10. The molecule has 0 bridgehead atoms. The highest BCUT2D eigenvalue weighted by Crippen LogP contribution is 2.20. The van der Waals surface area contributed by atoms with Crippen LogP contribution in [0.25, 0.3) is 0 Å². The van der Waals surface area contributed by atoms with Crippen LogP contribution in [-0.4, -0.2) is 61.7 Å². The standard InChI is InChI=1S/C18H21ClN4O5S/c1-21(2)29(27,28)13-8-9-17(25)23(10-13)12-18(26)22(3)11-16(24)20-15-7-5-4-6-14(15)19/h4-10H,11-12H2,1-3H3,(H,20,24). The number of nitrogens with zero attached hydrogens (tertiary/aromatic N) is 3. The number of carbonyl (C=O) groups is 2. The zero-order valence-corrected chi connectivity index (χ0v) is 17.7. The molecule has 0 fully saturated rings. The summed E-state index contributed by atoms with van der Waals surface area (Å²) in [5.41, 5.74) is -0.122. The minimum atomic E-state index is -3.76. The van der Waals surface area contributed by atoms with Gasteiger partial charge in [-0.3, -0.25) is 14.4 Å². The molecular weight excluding hydrogens is 420 g/mol. The molecule has 9 nitrogen and oxygen atoms in total. The first-order chi connectivity index (χ1) is 13.5. The van der Waals surface area contributed by atoms with Crippen molar-refractivity contribution in [3.8, 4) is 0 Å². The summed E-state index contributed by atoms with van der Waals surface area (Å²) >= 11 is 5.98. The van der Waals surface area contributed by atoms with Gasteiger partial charge in [-0.25, -0.2) is 12.7 Å². The molecule has 0 unspecified atom stereocenters.